The smallest absolute Gasteiger partial charge is 0.326 e. The lowest BCUT2D eigenvalue weighted by molar-refractivity contribution is -0.143. The first-order chi connectivity index (χ1) is 12.6. The van der Waals surface area contributed by atoms with E-state index in [0.29, 0.717) is 19.4 Å². The van der Waals surface area contributed by atoms with Gasteiger partial charge in [0.25, 0.3) is 0 Å². The number of unbranched alkanes of at least 4 members (excludes halogenated alkanes) is 1. The molecule has 3 unspecified atom stereocenters. The number of carbonyl (C=O) groups excluding carboxylic acids is 3. The van der Waals surface area contributed by atoms with E-state index in [9.17, 15) is 19.2 Å². The molecule has 0 radical (unpaired) electrons. The Hall–Kier alpha value is -1.85. The highest BCUT2D eigenvalue weighted by Gasteiger charge is 2.27. The van der Waals surface area contributed by atoms with Crippen molar-refractivity contribution in [2.75, 3.05) is 18.8 Å². The van der Waals surface area contributed by atoms with Gasteiger partial charge in [-0.15, -0.1) is 0 Å². The number of aliphatic carboxylic acids is 1. The van der Waals surface area contributed by atoms with Crippen LogP contribution in [0, 0.1) is 5.92 Å². The van der Waals surface area contributed by atoms with Gasteiger partial charge in [0.1, 0.15) is 12.1 Å². The summed E-state index contributed by atoms with van der Waals surface area (Å²) in [6.07, 6.45) is 1.92. The molecule has 0 saturated heterocycles. The number of hydrogen-bond donors (Lipinski definition) is 7. The van der Waals surface area contributed by atoms with Crippen molar-refractivity contribution in [1.82, 2.24) is 16.0 Å². The van der Waals surface area contributed by atoms with E-state index in [2.05, 4.69) is 28.6 Å². The van der Waals surface area contributed by atoms with Crippen molar-refractivity contribution in [2.45, 2.75) is 51.2 Å². The van der Waals surface area contributed by atoms with E-state index in [1.807, 2.05) is 0 Å². The van der Waals surface area contributed by atoms with Gasteiger partial charge in [0.2, 0.25) is 17.7 Å². The van der Waals surface area contributed by atoms with Crippen LogP contribution >= 0.6 is 12.6 Å². The second-order valence-electron chi connectivity index (χ2n) is 6.48. The summed E-state index contributed by atoms with van der Waals surface area (Å²) in [5.74, 6) is -3.28. The minimum absolute atomic E-state index is 0.0332. The fourth-order valence-electron chi connectivity index (χ4n) is 2.15. The van der Waals surface area contributed by atoms with Gasteiger partial charge in [-0.05, 0) is 25.3 Å². The number of nitrogens with one attached hydrogen (secondary N) is 3. The summed E-state index contributed by atoms with van der Waals surface area (Å²) in [6, 6.07) is -2.85. The number of carboxylic acid groups (broad SMARTS) is 1. The van der Waals surface area contributed by atoms with Gasteiger partial charge in [-0.25, -0.2) is 4.79 Å². The lowest BCUT2D eigenvalue weighted by atomic mass is 10.0. The molecule has 8 N–H and O–H groups in total. The summed E-state index contributed by atoms with van der Waals surface area (Å²) >= 11 is 4.00. The molecule has 0 aliphatic rings. The number of rotatable bonds is 13. The third-order valence-electron chi connectivity index (χ3n) is 3.79. The third kappa shape index (κ3) is 10.2. The summed E-state index contributed by atoms with van der Waals surface area (Å²) in [4.78, 5) is 47.1. The standard InChI is InChI=1S/C16H31N5O5S/c1-9(2)13(16(25)26)21-15(24)11(8-27)20-12(22)7-19-14(23)10(18)5-3-4-6-17/h9-11,13,27H,3-8,17-18H2,1-2H3,(H,19,23)(H,20,22)(H,21,24)(H,25,26). The molecule has 0 rings (SSSR count). The Morgan fingerprint density at radius 2 is 1.70 bits per heavy atom. The van der Waals surface area contributed by atoms with Crippen molar-refractivity contribution in [3.8, 4) is 0 Å². The summed E-state index contributed by atoms with van der Waals surface area (Å²) in [6.45, 7) is 3.47. The second-order valence-corrected chi connectivity index (χ2v) is 6.85. The van der Waals surface area contributed by atoms with E-state index < -0.39 is 41.8 Å². The maximum Gasteiger partial charge on any atom is 0.326 e. The summed E-state index contributed by atoms with van der Waals surface area (Å²) in [5.41, 5.74) is 11.1. The van der Waals surface area contributed by atoms with Gasteiger partial charge in [-0.2, -0.15) is 12.6 Å². The first-order valence-corrected chi connectivity index (χ1v) is 9.44. The van der Waals surface area contributed by atoms with Gasteiger partial charge >= 0.3 is 5.97 Å². The summed E-state index contributed by atoms with van der Waals surface area (Å²) in [7, 11) is 0. The van der Waals surface area contributed by atoms with Gasteiger partial charge in [-0.1, -0.05) is 20.3 Å². The van der Waals surface area contributed by atoms with Gasteiger partial charge in [0, 0.05) is 5.75 Å². The van der Waals surface area contributed by atoms with E-state index in [0.717, 1.165) is 6.42 Å². The van der Waals surface area contributed by atoms with Gasteiger partial charge in [-0.3, -0.25) is 14.4 Å². The minimum Gasteiger partial charge on any atom is -0.480 e. The van der Waals surface area contributed by atoms with E-state index in [-0.39, 0.29) is 18.2 Å². The monoisotopic (exact) mass is 405 g/mol. The number of carboxylic acids is 1. The lowest BCUT2D eigenvalue weighted by Gasteiger charge is -2.22. The van der Waals surface area contributed by atoms with Crippen molar-refractivity contribution < 1.29 is 24.3 Å². The maximum atomic E-state index is 12.2. The fourth-order valence-corrected chi connectivity index (χ4v) is 2.40. The Morgan fingerprint density at radius 3 is 2.19 bits per heavy atom. The normalized spacial score (nSPS) is 14.1. The van der Waals surface area contributed by atoms with E-state index >= 15 is 0 Å². The van der Waals surface area contributed by atoms with Crippen LogP contribution in [0.3, 0.4) is 0 Å². The Labute approximate surface area is 164 Å². The molecule has 0 heterocycles. The van der Waals surface area contributed by atoms with Crippen LogP contribution in [-0.4, -0.2) is 65.8 Å². The zero-order valence-electron chi connectivity index (χ0n) is 15.7. The molecule has 0 fully saturated rings. The van der Waals surface area contributed by atoms with Crippen LogP contribution in [0.1, 0.15) is 33.1 Å². The third-order valence-corrected chi connectivity index (χ3v) is 4.16. The predicted molar refractivity (Wildman–Crippen MR) is 104 cm³/mol. The molecule has 156 valence electrons. The molecule has 3 amide bonds. The van der Waals surface area contributed by atoms with E-state index in [1.165, 1.54) is 0 Å². The molecule has 11 heteroatoms. The molecular weight excluding hydrogens is 374 g/mol. The highest BCUT2D eigenvalue weighted by molar-refractivity contribution is 7.80. The molecule has 0 bridgehead atoms. The number of hydrogen-bond acceptors (Lipinski definition) is 7. The average molecular weight is 406 g/mol. The van der Waals surface area contributed by atoms with Crippen molar-refractivity contribution in [2.24, 2.45) is 17.4 Å². The second kappa shape index (κ2) is 13.3. The SMILES string of the molecule is CC(C)C(NC(=O)C(CS)NC(=O)CNC(=O)C(N)CCCCN)C(=O)O. The Kier molecular flexibility index (Phi) is 12.4. The number of amides is 3. The quantitative estimate of drug-likeness (QED) is 0.140. The molecule has 0 aromatic heterocycles. The van der Waals surface area contributed by atoms with Crippen LogP contribution in [0.5, 0.6) is 0 Å². The summed E-state index contributed by atoms with van der Waals surface area (Å²) < 4.78 is 0. The maximum absolute atomic E-state index is 12.2. The van der Waals surface area contributed by atoms with E-state index in [4.69, 9.17) is 16.6 Å². The zero-order chi connectivity index (χ0) is 21.0. The van der Waals surface area contributed by atoms with Crippen LogP contribution in [0.2, 0.25) is 0 Å². The van der Waals surface area contributed by atoms with E-state index in [1.54, 1.807) is 13.8 Å². The van der Waals surface area contributed by atoms with Crippen molar-refractivity contribution in [1.29, 1.82) is 0 Å². The van der Waals surface area contributed by atoms with Crippen LogP contribution in [0.15, 0.2) is 0 Å². The van der Waals surface area contributed by atoms with Gasteiger partial charge < -0.3 is 32.5 Å². The van der Waals surface area contributed by atoms with Crippen LogP contribution in [-0.2, 0) is 19.2 Å². The van der Waals surface area contributed by atoms with Crippen LogP contribution in [0.25, 0.3) is 0 Å². The Morgan fingerprint density at radius 1 is 1.07 bits per heavy atom. The molecule has 27 heavy (non-hydrogen) atoms. The molecule has 0 spiro atoms. The first kappa shape index (κ1) is 25.1. The molecule has 3 atom stereocenters. The van der Waals surface area contributed by atoms with Crippen molar-refractivity contribution in [3.63, 3.8) is 0 Å². The van der Waals surface area contributed by atoms with Crippen molar-refractivity contribution >= 4 is 36.3 Å². The molecule has 0 saturated carbocycles. The Balaban J connectivity index is 4.48. The highest BCUT2D eigenvalue weighted by Crippen LogP contribution is 2.03. The average Bonchev–Trinajstić information content (AvgIpc) is 2.61. The van der Waals surface area contributed by atoms with Crippen LogP contribution < -0.4 is 27.4 Å². The lowest BCUT2D eigenvalue weighted by Crippen LogP contribution is -2.55. The van der Waals surface area contributed by atoms with Gasteiger partial charge in [0.15, 0.2) is 0 Å². The molecule has 0 aliphatic heterocycles. The molecular formula is C16H31N5O5S. The molecule has 0 aliphatic carbocycles. The fraction of sp³-hybridized carbons (Fsp3) is 0.750. The Bertz CT molecular complexity index is 517. The molecule has 0 aromatic rings. The molecule has 10 nitrogen and oxygen atoms in total. The highest BCUT2D eigenvalue weighted by atomic mass is 32.1. The molecule has 0 aromatic carbocycles. The van der Waals surface area contributed by atoms with Crippen LogP contribution in [0.4, 0.5) is 0 Å². The zero-order valence-corrected chi connectivity index (χ0v) is 16.6. The summed E-state index contributed by atoms with van der Waals surface area (Å²) in [5, 5.41) is 16.3. The number of thiol groups is 1. The minimum atomic E-state index is -1.17. The van der Waals surface area contributed by atoms with Gasteiger partial charge in [0.05, 0.1) is 12.6 Å². The topological polar surface area (TPSA) is 177 Å². The number of carbonyl (C=O) groups is 4. The first-order valence-electron chi connectivity index (χ1n) is 8.80. The largest absolute Gasteiger partial charge is 0.480 e. The number of nitrogens with two attached hydrogens (primary N) is 2. The van der Waals surface area contributed by atoms with Crippen molar-refractivity contribution in [3.05, 3.63) is 0 Å². The predicted octanol–water partition coefficient (Wildman–Crippen LogP) is -1.80.